The van der Waals surface area contributed by atoms with Crippen LogP contribution in [-0.4, -0.2) is 36.3 Å². The van der Waals surface area contributed by atoms with Crippen molar-refractivity contribution in [2.45, 2.75) is 25.7 Å². The fourth-order valence-electron chi connectivity index (χ4n) is 2.13. The highest BCUT2D eigenvalue weighted by molar-refractivity contribution is 5.76. The van der Waals surface area contributed by atoms with E-state index < -0.39 is 12.2 Å². The number of nitrogens with zero attached hydrogens (tertiary/aromatic N) is 4. The predicted octanol–water partition coefficient (Wildman–Crippen LogP) is 0.995. The van der Waals surface area contributed by atoms with Crippen LogP contribution in [0.5, 0.6) is 5.88 Å². The van der Waals surface area contributed by atoms with Crippen LogP contribution < -0.4 is 10.5 Å². The van der Waals surface area contributed by atoms with Crippen molar-refractivity contribution in [3.63, 3.8) is 0 Å². The Kier molecular flexibility index (Phi) is 4.50. The van der Waals surface area contributed by atoms with E-state index in [1.165, 1.54) is 13.1 Å². The minimum Gasteiger partial charge on any atom is -0.471 e. The van der Waals surface area contributed by atoms with Gasteiger partial charge in [-0.25, -0.2) is 9.97 Å². The standard InChI is InChI=1S/C16H17N5O3/c1-9(22)13(23)11-7-18-14-12(19-11)15(21-16(17)20-14)24-8-10-5-3-2-4-6-10/h2-7,9,13,22-23H,8H2,1H3,(H2,17,18,20,21). The van der Waals surface area contributed by atoms with Crippen LogP contribution in [0.2, 0.25) is 0 Å². The molecule has 4 N–H and O–H groups in total. The average Bonchev–Trinajstić information content (AvgIpc) is 2.59. The molecule has 8 nitrogen and oxygen atoms in total. The minimum atomic E-state index is -1.17. The van der Waals surface area contributed by atoms with E-state index in [9.17, 15) is 10.2 Å². The zero-order valence-electron chi connectivity index (χ0n) is 13.0. The predicted molar refractivity (Wildman–Crippen MR) is 87.0 cm³/mol. The van der Waals surface area contributed by atoms with E-state index in [1.807, 2.05) is 30.3 Å². The lowest BCUT2D eigenvalue weighted by Crippen LogP contribution is -2.16. The van der Waals surface area contributed by atoms with E-state index >= 15 is 0 Å². The van der Waals surface area contributed by atoms with Crippen molar-refractivity contribution in [3.8, 4) is 5.88 Å². The second-order valence-electron chi connectivity index (χ2n) is 5.31. The summed E-state index contributed by atoms with van der Waals surface area (Å²) < 4.78 is 5.70. The molecule has 0 aliphatic rings. The summed E-state index contributed by atoms with van der Waals surface area (Å²) in [5.74, 6) is 0.192. The van der Waals surface area contributed by atoms with Crippen LogP contribution >= 0.6 is 0 Å². The molecular weight excluding hydrogens is 310 g/mol. The summed E-state index contributed by atoms with van der Waals surface area (Å²) in [5, 5.41) is 19.5. The molecule has 2 atom stereocenters. The summed E-state index contributed by atoms with van der Waals surface area (Å²) in [6.07, 6.45) is -0.811. The molecule has 0 saturated carbocycles. The van der Waals surface area contributed by atoms with Crippen LogP contribution in [0.15, 0.2) is 36.5 Å². The van der Waals surface area contributed by atoms with Gasteiger partial charge in [-0.05, 0) is 12.5 Å². The molecule has 2 heterocycles. The van der Waals surface area contributed by atoms with E-state index in [-0.39, 0.29) is 35.3 Å². The molecular formula is C16H17N5O3. The molecule has 2 unspecified atom stereocenters. The lowest BCUT2D eigenvalue weighted by molar-refractivity contribution is 0.0278. The van der Waals surface area contributed by atoms with E-state index in [0.717, 1.165) is 5.56 Å². The van der Waals surface area contributed by atoms with Crippen molar-refractivity contribution in [2.75, 3.05) is 5.73 Å². The minimum absolute atomic E-state index is 0.0173. The van der Waals surface area contributed by atoms with Gasteiger partial charge in [0.2, 0.25) is 11.8 Å². The quantitative estimate of drug-likeness (QED) is 0.633. The number of nitrogens with two attached hydrogens (primary N) is 1. The third-order valence-corrected chi connectivity index (χ3v) is 3.39. The normalized spacial score (nSPS) is 13.6. The molecule has 0 aliphatic carbocycles. The number of aliphatic hydroxyl groups is 2. The molecule has 3 aromatic rings. The molecule has 0 saturated heterocycles. The largest absolute Gasteiger partial charge is 0.471 e. The zero-order valence-corrected chi connectivity index (χ0v) is 13.0. The van der Waals surface area contributed by atoms with E-state index in [0.29, 0.717) is 0 Å². The molecule has 24 heavy (non-hydrogen) atoms. The molecule has 8 heteroatoms. The number of aromatic nitrogens is 4. The second-order valence-corrected chi connectivity index (χ2v) is 5.31. The van der Waals surface area contributed by atoms with Gasteiger partial charge in [0, 0.05) is 0 Å². The highest BCUT2D eigenvalue weighted by Gasteiger charge is 2.19. The number of nitrogen functional groups attached to an aromatic ring is 1. The van der Waals surface area contributed by atoms with Crippen molar-refractivity contribution in [1.29, 1.82) is 0 Å². The number of rotatable bonds is 5. The molecule has 0 aliphatic heterocycles. The van der Waals surface area contributed by atoms with Gasteiger partial charge in [-0.2, -0.15) is 9.97 Å². The van der Waals surface area contributed by atoms with Crippen molar-refractivity contribution in [3.05, 3.63) is 47.8 Å². The Morgan fingerprint density at radius 2 is 1.88 bits per heavy atom. The SMILES string of the molecule is CC(O)C(O)c1cnc2nc(N)nc(OCc3ccccc3)c2n1. The first-order chi connectivity index (χ1) is 11.5. The number of anilines is 1. The molecule has 0 amide bonds. The number of benzene rings is 1. The van der Waals surface area contributed by atoms with Gasteiger partial charge in [-0.15, -0.1) is 0 Å². The summed E-state index contributed by atoms with van der Waals surface area (Å²) in [6, 6.07) is 9.56. The summed E-state index contributed by atoms with van der Waals surface area (Å²) >= 11 is 0. The highest BCUT2D eigenvalue weighted by atomic mass is 16.5. The van der Waals surface area contributed by atoms with E-state index in [2.05, 4.69) is 19.9 Å². The van der Waals surface area contributed by atoms with Crippen molar-refractivity contribution in [1.82, 2.24) is 19.9 Å². The van der Waals surface area contributed by atoms with Crippen LogP contribution in [0.25, 0.3) is 11.2 Å². The molecule has 1 aromatic carbocycles. The fraction of sp³-hybridized carbons (Fsp3) is 0.250. The number of aliphatic hydroxyl groups excluding tert-OH is 2. The molecule has 124 valence electrons. The highest BCUT2D eigenvalue weighted by Crippen LogP contribution is 2.23. The number of ether oxygens (including phenoxy) is 1. The summed E-state index contributed by atoms with van der Waals surface area (Å²) in [6.45, 7) is 1.74. The lowest BCUT2D eigenvalue weighted by Gasteiger charge is -2.14. The summed E-state index contributed by atoms with van der Waals surface area (Å²) in [5.41, 5.74) is 7.37. The maximum Gasteiger partial charge on any atom is 0.247 e. The van der Waals surface area contributed by atoms with Gasteiger partial charge in [-0.1, -0.05) is 30.3 Å². The third kappa shape index (κ3) is 3.39. The van der Waals surface area contributed by atoms with Gasteiger partial charge in [0.05, 0.1) is 18.0 Å². The van der Waals surface area contributed by atoms with Gasteiger partial charge in [0.15, 0.2) is 11.2 Å². The van der Waals surface area contributed by atoms with Gasteiger partial charge in [0.25, 0.3) is 0 Å². The summed E-state index contributed by atoms with van der Waals surface area (Å²) in [4.78, 5) is 16.5. The molecule has 0 fully saturated rings. The second kappa shape index (κ2) is 6.73. The van der Waals surface area contributed by atoms with Crippen molar-refractivity contribution >= 4 is 17.1 Å². The number of hydrogen-bond donors (Lipinski definition) is 3. The first-order valence-electron chi connectivity index (χ1n) is 7.37. The van der Waals surface area contributed by atoms with Gasteiger partial charge in [-0.3, -0.25) is 0 Å². The lowest BCUT2D eigenvalue weighted by atomic mass is 10.2. The van der Waals surface area contributed by atoms with Crippen LogP contribution in [0, 0.1) is 0 Å². The third-order valence-electron chi connectivity index (χ3n) is 3.39. The Balaban J connectivity index is 1.97. The van der Waals surface area contributed by atoms with Gasteiger partial charge < -0.3 is 20.7 Å². The molecule has 3 rings (SSSR count). The smallest absolute Gasteiger partial charge is 0.247 e. The van der Waals surface area contributed by atoms with Gasteiger partial charge >= 0.3 is 0 Å². The summed E-state index contributed by atoms with van der Waals surface area (Å²) in [7, 11) is 0. The van der Waals surface area contributed by atoms with Crippen molar-refractivity contribution < 1.29 is 14.9 Å². The molecule has 2 aromatic heterocycles. The Morgan fingerprint density at radius 1 is 1.12 bits per heavy atom. The first-order valence-corrected chi connectivity index (χ1v) is 7.37. The fourth-order valence-corrected chi connectivity index (χ4v) is 2.13. The molecule has 0 radical (unpaired) electrons. The van der Waals surface area contributed by atoms with Crippen LogP contribution in [-0.2, 0) is 6.61 Å². The van der Waals surface area contributed by atoms with E-state index in [4.69, 9.17) is 10.5 Å². The Bertz CT molecular complexity index is 842. The Morgan fingerprint density at radius 3 is 2.58 bits per heavy atom. The topological polar surface area (TPSA) is 127 Å². The monoisotopic (exact) mass is 327 g/mol. The maximum atomic E-state index is 9.95. The first kappa shape index (κ1) is 16.0. The van der Waals surface area contributed by atoms with Crippen molar-refractivity contribution in [2.24, 2.45) is 0 Å². The Labute approximate surface area is 138 Å². The van der Waals surface area contributed by atoms with E-state index in [1.54, 1.807) is 0 Å². The van der Waals surface area contributed by atoms with Crippen LogP contribution in [0.3, 0.4) is 0 Å². The van der Waals surface area contributed by atoms with Crippen LogP contribution in [0.1, 0.15) is 24.3 Å². The Hall–Kier alpha value is -2.84. The maximum absolute atomic E-state index is 9.95. The zero-order chi connectivity index (χ0) is 17.1. The molecule has 0 spiro atoms. The molecule has 0 bridgehead atoms. The number of fused-ring (bicyclic) bond motifs is 1. The van der Waals surface area contributed by atoms with Gasteiger partial charge in [0.1, 0.15) is 12.7 Å². The van der Waals surface area contributed by atoms with Crippen LogP contribution in [0.4, 0.5) is 5.95 Å². The average molecular weight is 327 g/mol. The number of hydrogen-bond acceptors (Lipinski definition) is 8.